The Morgan fingerprint density at radius 1 is 1.40 bits per heavy atom. The van der Waals surface area contributed by atoms with E-state index in [-0.39, 0.29) is 6.61 Å². The standard InChI is InChI=1S/C14H17NO4S/c1-14(2)15(11(9-20-14)12(16)17)13(18)19-8-10-6-4-3-5-7-10/h3-7,11H,8-9H2,1-2H3,(H,16,17)/t11-/m0/s1. The molecule has 0 aromatic heterocycles. The molecule has 0 unspecified atom stereocenters. The van der Waals surface area contributed by atoms with Crippen LogP contribution in [0, 0.1) is 0 Å². The summed E-state index contributed by atoms with van der Waals surface area (Å²) in [6.45, 7) is 3.79. The number of carboxylic acids is 1. The largest absolute Gasteiger partial charge is 0.480 e. The zero-order valence-electron chi connectivity index (χ0n) is 11.4. The molecule has 1 aromatic carbocycles. The van der Waals surface area contributed by atoms with Crippen molar-refractivity contribution in [2.75, 3.05) is 5.75 Å². The summed E-state index contributed by atoms with van der Waals surface area (Å²) in [6.07, 6.45) is -0.587. The number of rotatable bonds is 3. The highest BCUT2D eigenvalue weighted by atomic mass is 32.2. The van der Waals surface area contributed by atoms with Crippen LogP contribution in [-0.4, -0.2) is 38.7 Å². The second-order valence-electron chi connectivity index (χ2n) is 5.02. The van der Waals surface area contributed by atoms with E-state index < -0.39 is 23.0 Å². The van der Waals surface area contributed by atoms with Gasteiger partial charge in [-0.05, 0) is 19.4 Å². The van der Waals surface area contributed by atoms with Gasteiger partial charge in [0, 0.05) is 5.75 Å². The lowest BCUT2D eigenvalue weighted by Gasteiger charge is -2.32. The maximum Gasteiger partial charge on any atom is 0.411 e. The minimum atomic E-state index is -1.00. The molecule has 1 heterocycles. The summed E-state index contributed by atoms with van der Waals surface area (Å²) in [4.78, 5) is 24.1. The quantitative estimate of drug-likeness (QED) is 0.928. The number of carboxylic acid groups (broad SMARTS) is 1. The molecule has 0 saturated carbocycles. The number of carbonyl (C=O) groups is 2. The van der Waals surface area contributed by atoms with E-state index in [1.54, 1.807) is 0 Å². The van der Waals surface area contributed by atoms with Gasteiger partial charge in [-0.3, -0.25) is 4.90 Å². The summed E-state index contributed by atoms with van der Waals surface area (Å²) in [7, 11) is 0. The van der Waals surface area contributed by atoms with Crippen LogP contribution in [0.15, 0.2) is 30.3 Å². The van der Waals surface area contributed by atoms with Crippen LogP contribution in [-0.2, 0) is 16.1 Å². The van der Waals surface area contributed by atoms with E-state index in [9.17, 15) is 14.7 Å². The summed E-state index contributed by atoms with van der Waals surface area (Å²) in [5.41, 5.74) is 0.873. The SMILES string of the molecule is CC1(C)SC[C@@H](C(=O)O)N1C(=O)OCc1ccccc1. The molecule has 0 bridgehead atoms. The van der Waals surface area contributed by atoms with E-state index in [1.165, 1.54) is 16.7 Å². The Labute approximate surface area is 121 Å². The predicted octanol–water partition coefficient (Wildman–Crippen LogP) is 2.56. The molecule has 1 aromatic rings. The molecule has 0 aliphatic carbocycles. The van der Waals surface area contributed by atoms with Gasteiger partial charge < -0.3 is 9.84 Å². The molecule has 1 fully saturated rings. The first kappa shape index (κ1) is 14.7. The van der Waals surface area contributed by atoms with Gasteiger partial charge in [-0.1, -0.05) is 30.3 Å². The summed E-state index contributed by atoms with van der Waals surface area (Å²) in [5, 5.41) is 9.19. The van der Waals surface area contributed by atoms with Crippen LogP contribution < -0.4 is 0 Å². The van der Waals surface area contributed by atoms with Gasteiger partial charge in [0.25, 0.3) is 0 Å². The Bertz CT molecular complexity index is 503. The molecule has 108 valence electrons. The number of thioether (sulfide) groups is 1. The van der Waals surface area contributed by atoms with Crippen LogP contribution in [0.1, 0.15) is 19.4 Å². The van der Waals surface area contributed by atoms with E-state index >= 15 is 0 Å². The molecule has 20 heavy (non-hydrogen) atoms. The number of hydrogen-bond acceptors (Lipinski definition) is 4. The van der Waals surface area contributed by atoms with Crippen molar-refractivity contribution in [1.29, 1.82) is 0 Å². The lowest BCUT2D eigenvalue weighted by atomic mass is 10.2. The highest BCUT2D eigenvalue weighted by Gasteiger charge is 2.47. The summed E-state index contributed by atoms with van der Waals surface area (Å²) < 4.78 is 5.24. The normalized spacial score (nSPS) is 20.7. The van der Waals surface area contributed by atoms with Crippen LogP contribution in [0.25, 0.3) is 0 Å². The Hall–Kier alpha value is -1.69. The minimum Gasteiger partial charge on any atom is -0.480 e. The van der Waals surface area contributed by atoms with Crippen molar-refractivity contribution < 1.29 is 19.4 Å². The average molecular weight is 295 g/mol. The van der Waals surface area contributed by atoms with E-state index in [1.807, 2.05) is 44.2 Å². The third-order valence-electron chi connectivity index (χ3n) is 3.17. The third kappa shape index (κ3) is 3.07. The average Bonchev–Trinajstić information content (AvgIpc) is 2.73. The fraction of sp³-hybridized carbons (Fsp3) is 0.429. The van der Waals surface area contributed by atoms with Crippen molar-refractivity contribution in [3.8, 4) is 0 Å². The Balaban J connectivity index is 2.04. The molecule has 0 radical (unpaired) electrons. The zero-order valence-corrected chi connectivity index (χ0v) is 12.2. The van der Waals surface area contributed by atoms with Crippen molar-refractivity contribution in [3.05, 3.63) is 35.9 Å². The van der Waals surface area contributed by atoms with Gasteiger partial charge in [-0.2, -0.15) is 0 Å². The van der Waals surface area contributed by atoms with Crippen molar-refractivity contribution in [3.63, 3.8) is 0 Å². The lowest BCUT2D eigenvalue weighted by molar-refractivity contribution is -0.142. The molecule has 1 amide bonds. The van der Waals surface area contributed by atoms with Crippen molar-refractivity contribution in [2.45, 2.75) is 31.4 Å². The van der Waals surface area contributed by atoms with Crippen LogP contribution >= 0.6 is 11.8 Å². The number of carbonyl (C=O) groups excluding carboxylic acids is 1. The maximum absolute atomic E-state index is 12.2. The molecule has 2 rings (SSSR count). The van der Waals surface area contributed by atoms with Crippen LogP contribution in [0.2, 0.25) is 0 Å². The second-order valence-corrected chi connectivity index (χ2v) is 6.64. The third-order valence-corrected chi connectivity index (χ3v) is 4.56. The summed E-state index contributed by atoms with van der Waals surface area (Å²) in [5.74, 6) is -0.622. The van der Waals surface area contributed by atoms with Gasteiger partial charge >= 0.3 is 12.1 Å². The smallest absolute Gasteiger partial charge is 0.411 e. The monoisotopic (exact) mass is 295 g/mol. The Morgan fingerprint density at radius 2 is 2.05 bits per heavy atom. The molecule has 6 heteroatoms. The highest BCUT2D eigenvalue weighted by Crippen LogP contribution is 2.39. The first-order valence-electron chi connectivity index (χ1n) is 6.28. The van der Waals surface area contributed by atoms with Crippen molar-refractivity contribution >= 4 is 23.8 Å². The van der Waals surface area contributed by atoms with Crippen LogP contribution in [0.5, 0.6) is 0 Å². The van der Waals surface area contributed by atoms with Gasteiger partial charge in [0.1, 0.15) is 12.6 Å². The first-order chi connectivity index (χ1) is 9.42. The summed E-state index contributed by atoms with van der Waals surface area (Å²) in [6, 6.07) is 8.47. The van der Waals surface area contributed by atoms with Gasteiger partial charge in [-0.25, -0.2) is 9.59 Å². The number of hydrogen-bond donors (Lipinski definition) is 1. The maximum atomic E-state index is 12.2. The zero-order chi connectivity index (χ0) is 14.8. The fourth-order valence-electron chi connectivity index (χ4n) is 2.12. The van der Waals surface area contributed by atoms with Crippen molar-refractivity contribution in [2.24, 2.45) is 0 Å². The molecule has 1 aliphatic heterocycles. The summed E-state index contributed by atoms with van der Waals surface area (Å²) >= 11 is 1.44. The van der Waals surface area contributed by atoms with E-state index in [2.05, 4.69) is 0 Å². The van der Waals surface area contributed by atoms with Gasteiger partial charge in [0.2, 0.25) is 0 Å². The van der Waals surface area contributed by atoms with Crippen molar-refractivity contribution in [1.82, 2.24) is 4.90 Å². The second kappa shape index (κ2) is 5.75. The number of aliphatic carboxylic acids is 1. The number of nitrogens with zero attached hydrogens (tertiary/aromatic N) is 1. The Kier molecular flexibility index (Phi) is 4.23. The molecule has 1 saturated heterocycles. The van der Waals surface area contributed by atoms with E-state index in [0.717, 1.165) is 5.56 Å². The number of amides is 1. The number of benzene rings is 1. The van der Waals surface area contributed by atoms with Crippen LogP contribution in [0.4, 0.5) is 4.79 Å². The molecule has 1 atom stereocenters. The highest BCUT2D eigenvalue weighted by molar-refractivity contribution is 8.00. The van der Waals surface area contributed by atoms with Crippen LogP contribution in [0.3, 0.4) is 0 Å². The van der Waals surface area contributed by atoms with Gasteiger partial charge in [-0.15, -0.1) is 11.8 Å². The van der Waals surface area contributed by atoms with Gasteiger partial charge in [0.15, 0.2) is 0 Å². The van der Waals surface area contributed by atoms with E-state index in [0.29, 0.717) is 5.75 Å². The lowest BCUT2D eigenvalue weighted by Crippen LogP contribution is -2.49. The molecule has 5 nitrogen and oxygen atoms in total. The Morgan fingerprint density at radius 3 is 2.65 bits per heavy atom. The molecular formula is C14H17NO4S. The number of ether oxygens (including phenoxy) is 1. The van der Waals surface area contributed by atoms with Gasteiger partial charge in [0.05, 0.1) is 4.87 Å². The molecular weight excluding hydrogens is 278 g/mol. The fourth-order valence-corrected chi connectivity index (χ4v) is 3.32. The topological polar surface area (TPSA) is 66.8 Å². The molecule has 1 N–H and O–H groups in total. The predicted molar refractivity (Wildman–Crippen MR) is 76.4 cm³/mol. The minimum absolute atomic E-state index is 0.142. The first-order valence-corrected chi connectivity index (χ1v) is 7.27. The van der Waals surface area contributed by atoms with E-state index in [4.69, 9.17) is 4.74 Å². The molecule has 1 aliphatic rings. The molecule has 0 spiro atoms.